The molecule has 0 bridgehead atoms. The van der Waals surface area contributed by atoms with E-state index in [0.29, 0.717) is 6.42 Å². The van der Waals surface area contributed by atoms with Gasteiger partial charge in [-0.05, 0) is 37.3 Å². The average molecular weight is 517 g/mol. The van der Waals surface area contributed by atoms with Gasteiger partial charge < -0.3 is 37.5 Å². The predicted octanol–water partition coefficient (Wildman–Crippen LogP) is -0.0918. The van der Waals surface area contributed by atoms with Crippen molar-refractivity contribution in [3.63, 3.8) is 0 Å². The molecule has 0 saturated heterocycles. The zero-order chi connectivity index (χ0) is 27.7. The highest BCUT2D eigenvalue weighted by Gasteiger charge is 2.29. The highest BCUT2D eigenvalue weighted by atomic mass is 16.4. The highest BCUT2D eigenvalue weighted by molar-refractivity contribution is 5.94. The molecule has 0 aliphatic rings. The van der Waals surface area contributed by atoms with Gasteiger partial charge in [0.15, 0.2) is 0 Å². The minimum atomic E-state index is -1.35. The molecule has 4 unspecified atom stereocenters. The number of nitrogens with two attached hydrogens (primary N) is 2. The fraction of sp³-hybridized carbons (Fsp3) is 0.480. The average Bonchev–Trinajstić information content (AvgIpc) is 3.23. The first-order chi connectivity index (χ1) is 17.4. The number of hydrogen-bond donors (Lipinski definition) is 7. The summed E-state index contributed by atoms with van der Waals surface area (Å²) < 4.78 is 0. The van der Waals surface area contributed by atoms with Crippen molar-refractivity contribution in [1.82, 2.24) is 20.9 Å². The van der Waals surface area contributed by atoms with E-state index < -0.39 is 53.8 Å². The van der Waals surface area contributed by atoms with E-state index in [1.165, 1.54) is 6.92 Å². The Morgan fingerprint density at radius 1 is 0.946 bits per heavy atom. The molecule has 4 amide bonds. The molecule has 12 nitrogen and oxygen atoms in total. The lowest BCUT2D eigenvalue weighted by molar-refractivity contribution is -0.142. The molecule has 2 rings (SSSR count). The van der Waals surface area contributed by atoms with Crippen molar-refractivity contribution < 1.29 is 29.1 Å². The number of carbonyl (C=O) groups excluding carboxylic acids is 4. The molecule has 37 heavy (non-hydrogen) atoms. The van der Waals surface area contributed by atoms with Crippen molar-refractivity contribution in [2.24, 2.45) is 17.4 Å². The molecule has 0 fully saturated rings. The second-order valence-electron chi connectivity index (χ2n) is 9.50. The molecule has 4 atom stereocenters. The summed E-state index contributed by atoms with van der Waals surface area (Å²) in [7, 11) is 0. The lowest BCUT2D eigenvalue weighted by Crippen LogP contribution is -2.57. The van der Waals surface area contributed by atoms with Crippen molar-refractivity contribution in [2.45, 2.75) is 70.6 Å². The Kier molecular flexibility index (Phi) is 10.6. The number of aromatic nitrogens is 1. The van der Waals surface area contributed by atoms with Crippen LogP contribution in [0, 0.1) is 5.92 Å². The zero-order valence-corrected chi connectivity index (χ0v) is 21.2. The van der Waals surface area contributed by atoms with Gasteiger partial charge in [0.2, 0.25) is 23.6 Å². The van der Waals surface area contributed by atoms with E-state index in [4.69, 9.17) is 11.5 Å². The van der Waals surface area contributed by atoms with Gasteiger partial charge in [-0.3, -0.25) is 19.2 Å². The van der Waals surface area contributed by atoms with E-state index in [1.807, 2.05) is 38.1 Å². The number of H-pyrrole nitrogens is 1. The Bertz CT molecular complexity index is 1130. The smallest absolute Gasteiger partial charge is 0.326 e. The van der Waals surface area contributed by atoms with Crippen LogP contribution in [0.2, 0.25) is 0 Å². The van der Waals surface area contributed by atoms with Gasteiger partial charge in [-0.2, -0.15) is 0 Å². The minimum Gasteiger partial charge on any atom is -0.480 e. The van der Waals surface area contributed by atoms with E-state index in [2.05, 4.69) is 20.9 Å². The van der Waals surface area contributed by atoms with Crippen LogP contribution in [0.15, 0.2) is 30.5 Å². The number of nitrogens with one attached hydrogen (secondary N) is 4. The Morgan fingerprint density at radius 2 is 1.59 bits per heavy atom. The van der Waals surface area contributed by atoms with Crippen LogP contribution in [0.3, 0.4) is 0 Å². The molecular weight excluding hydrogens is 480 g/mol. The molecule has 0 aliphatic heterocycles. The molecular formula is C25H36N6O6. The van der Waals surface area contributed by atoms with Gasteiger partial charge in [0.1, 0.15) is 18.1 Å². The van der Waals surface area contributed by atoms with Gasteiger partial charge in [-0.25, -0.2) is 4.79 Å². The first-order valence-electron chi connectivity index (χ1n) is 12.1. The topological polar surface area (TPSA) is 209 Å². The monoisotopic (exact) mass is 516 g/mol. The fourth-order valence-corrected chi connectivity index (χ4v) is 3.84. The number of carboxylic acids is 1. The van der Waals surface area contributed by atoms with Gasteiger partial charge in [0, 0.05) is 29.9 Å². The van der Waals surface area contributed by atoms with Gasteiger partial charge in [-0.15, -0.1) is 0 Å². The Morgan fingerprint density at radius 3 is 2.22 bits per heavy atom. The number of carboxylic acid groups (broad SMARTS) is 1. The second-order valence-corrected chi connectivity index (χ2v) is 9.50. The number of amides is 4. The highest BCUT2D eigenvalue weighted by Crippen LogP contribution is 2.19. The van der Waals surface area contributed by atoms with Crippen molar-refractivity contribution in [2.75, 3.05) is 0 Å². The fourth-order valence-electron chi connectivity index (χ4n) is 3.84. The Hall–Kier alpha value is -3.93. The number of carbonyl (C=O) groups is 5. The lowest BCUT2D eigenvalue weighted by atomic mass is 10.0. The van der Waals surface area contributed by atoms with Gasteiger partial charge in [0.25, 0.3) is 0 Å². The van der Waals surface area contributed by atoms with Crippen LogP contribution in [0.4, 0.5) is 0 Å². The number of primary amides is 1. The molecule has 0 aliphatic carbocycles. The number of rotatable bonds is 14. The SMILES string of the molecule is CC(C)CC(N)C(=O)NC(Cc1c[nH]c2ccccc12)C(=O)NC(C)C(=O)NC(CCC(N)=O)C(=O)O. The lowest BCUT2D eigenvalue weighted by Gasteiger charge is -2.24. The summed E-state index contributed by atoms with van der Waals surface area (Å²) in [4.78, 5) is 64.1. The van der Waals surface area contributed by atoms with Crippen molar-refractivity contribution >= 4 is 40.5 Å². The molecule has 9 N–H and O–H groups in total. The summed E-state index contributed by atoms with van der Waals surface area (Å²) in [5, 5.41) is 17.7. The summed E-state index contributed by atoms with van der Waals surface area (Å²) in [6.45, 7) is 5.24. The van der Waals surface area contributed by atoms with Crippen molar-refractivity contribution in [3.05, 3.63) is 36.0 Å². The maximum Gasteiger partial charge on any atom is 0.326 e. The number of para-hydroxylation sites is 1. The summed E-state index contributed by atoms with van der Waals surface area (Å²) in [6, 6.07) is 3.14. The van der Waals surface area contributed by atoms with Crippen LogP contribution in [0.5, 0.6) is 0 Å². The maximum absolute atomic E-state index is 13.2. The normalized spacial score (nSPS) is 14.4. The molecule has 0 radical (unpaired) electrons. The van der Waals surface area contributed by atoms with Crippen LogP contribution < -0.4 is 27.4 Å². The van der Waals surface area contributed by atoms with Crippen LogP contribution in [0.1, 0.15) is 45.6 Å². The second kappa shape index (κ2) is 13.4. The zero-order valence-electron chi connectivity index (χ0n) is 21.2. The summed E-state index contributed by atoms with van der Waals surface area (Å²) in [6.07, 6.45) is 1.88. The predicted molar refractivity (Wildman–Crippen MR) is 137 cm³/mol. The summed E-state index contributed by atoms with van der Waals surface area (Å²) >= 11 is 0. The maximum atomic E-state index is 13.2. The van der Waals surface area contributed by atoms with Gasteiger partial charge >= 0.3 is 5.97 Å². The van der Waals surface area contributed by atoms with Crippen LogP contribution in [-0.4, -0.2) is 63.9 Å². The van der Waals surface area contributed by atoms with Crippen LogP contribution in [-0.2, 0) is 30.4 Å². The Balaban J connectivity index is 2.16. The molecule has 0 saturated carbocycles. The standard InChI is InChI=1S/C25H36N6O6/c1-13(2)10-17(26)23(34)31-20(11-15-12-28-18-7-5-4-6-16(15)18)24(35)29-14(3)22(33)30-19(25(36)37)8-9-21(27)32/h4-7,12-14,17,19-20,28H,8-11,26H2,1-3H3,(H2,27,32)(H,29,35)(H,30,33)(H,31,34)(H,36,37). The number of benzene rings is 1. The summed E-state index contributed by atoms with van der Waals surface area (Å²) in [5.41, 5.74) is 12.7. The quantitative estimate of drug-likeness (QED) is 0.181. The van der Waals surface area contributed by atoms with Gasteiger partial charge in [0.05, 0.1) is 6.04 Å². The summed E-state index contributed by atoms with van der Waals surface area (Å²) in [5.74, 6) is -3.77. The van der Waals surface area contributed by atoms with E-state index in [-0.39, 0.29) is 25.2 Å². The first-order valence-corrected chi connectivity index (χ1v) is 12.1. The number of hydrogen-bond acceptors (Lipinski definition) is 6. The van der Waals surface area contributed by atoms with Crippen molar-refractivity contribution in [1.29, 1.82) is 0 Å². The molecule has 1 aromatic carbocycles. The third-order valence-electron chi connectivity index (χ3n) is 5.84. The third-order valence-corrected chi connectivity index (χ3v) is 5.84. The number of aromatic amines is 1. The molecule has 12 heteroatoms. The number of aliphatic carboxylic acids is 1. The molecule has 202 valence electrons. The van der Waals surface area contributed by atoms with Crippen LogP contribution in [0.25, 0.3) is 10.9 Å². The minimum absolute atomic E-state index is 0.126. The van der Waals surface area contributed by atoms with E-state index in [0.717, 1.165) is 16.5 Å². The van der Waals surface area contributed by atoms with E-state index in [9.17, 15) is 29.1 Å². The molecule has 0 spiro atoms. The van der Waals surface area contributed by atoms with Crippen molar-refractivity contribution in [3.8, 4) is 0 Å². The van der Waals surface area contributed by atoms with E-state index in [1.54, 1.807) is 6.20 Å². The van der Waals surface area contributed by atoms with Gasteiger partial charge in [-0.1, -0.05) is 32.0 Å². The first kappa shape index (κ1) is 29.3. The van der Waals surface area contributed by atoms with Crippen LogP contribution >= 0.6 is 0 Å². The molecule has 1 aromatic heterocycles. The Labute approximate surface area is 214 Å². The molecule has 2 aromatic rings. The third kappa shape index (κ3) is 8.90. The molecule has 1 heterocycles. The largest absolute Gasteiger partial charge is 0.480 e. The number of fused-ring (bicyclic) bond motifs is 1. The van der Waals surface area contributed by atoms with E-state index >= 15 is 0 Å².